The molecule has 0 bridgehead atoms. The molecule has 1 aliphatic heterocycles. The van der Waals surface area contributed by atoms with E-state index < -0.39 is 5.54 Å². The summed E-state index contributed by atoms with van der Waals surface area (Å²) in [5.41, 5.74) is -0.120. The summed E-state index contributed by atoms with van der Waals surface area (Å²) in [7, 11) is 0. The number of rotatable bonds is 7. The van der Waals surface area contributed by atoms with Crippen LogP contribution in [0.25, 0.3) is 0 Å². The molecule has 1 saturated heterocycles. The predicted molar refractivity (Wildman–Crippen MR) is 112 cm³/mol. The number of nitrogens with one attached hydrogen (secondary N) is 2. The van der Waals surface area contributed by atoms with Crippen molar-refractivity contribution in [3.8, 4) is 11.5 Å². The van der Waals surface area contributed by atoms with E-state index in [0.29, 0.717) is 36.4 Å². The van der Waals surface area contributed by atoms with Crippen LogP contribution in [0.3, 0.4) is 0 Å². The first-order chi connectivity index (χ1) is 14.9. The SMILES string of the molecule is O=C(CCCN1C(=O)NC2(CCCC2)C1=O)Nc1ccc(Oc2cccc(F)c2)cc1. The second-order valence-corrected chi connectivity index (χ2v) is 7.91. The number of urea groups is 1. The highest BCUT2D eigenvalue weighted by molar-refractivity contribution is 6.07. The van der Waals surface area contributed by atoms with E-state index in [4.69, 9.17) is 4.74 Å². The van der Waals surface area contributed by atoms with E-state index in [1.165, 1.54) is 17.0 Å². The molecule has 2 aromatic rings. The van der Waals surface area contributed by atoms with Gasteiger partial charge in [0.25, 0.3) is 5.91 Å². The maximum absolute atomic E-state index is 13.2. The van der Waals surface area contributed by atoms with Gasteiger partial charge in [-0.25, -0.2) is 9.18 Å². The molecule has 2 fully saturated rings. The van der Waals surface area contributed by atoms with Crippen molar-refractivity contribution in [1.29, 1.82) is 0 Å². The molecule has 0 radical (unpaired) electrons. The summed E-state index contributed by atoms with van der Waals surface area (Å²) in [6, 6.07) is 12.2. The maximum atomic E-state index is 13.2. The average molecular weight is 425 g/mol. The third kappa shape index (κ3) is 4.68. The number of anilines is 1. The van der Waals surface area contributed by atoms with Crippen LogP contribution in [-0.4, -0.2) is 34.8 Å². The normalized spacial score (nSPS) is 17.1. The Morgan fingerprint density at radius 3 is 2.55 bits per heavy atom. The molecule has 4 rings (SSSR count). The molecule has 7 nitrogen and oxygen atoms in total. The first-order valence-corrected chi connectivity index (χ1v) is 10.4. The van der Waals surface area contributed by atoms with Crippen LogP contribution in [0, 0.1) is 5.82 Å². The van der Waals surface area contributed by atoms with E-state index in [-0.39, 0.29) is 36.6 Å². The second kappa shape index (κ2) is 8.75. The smallest absolute Gasteiger partial charge is 0.325 e. The van der Waals surface area contributed by atoms with E-state index >= 15 is 0 Å². The van der Waals surface area contributed by atoms with Crippen LogP contribution in [0.2, 0.25) is 0 Å². The van der Waals surface area contributed by atoms with Gasteiger partial charge in [-0.05, 0) is 55.7 Å². The second-order valence-electron chi connectivity index (χ2n) is 7.91. The minimum atomic E-state index is -0.714. The molecule has 0 unspecified atom stereocenters. The molecule has 8 heteroatoms. The van der Waals surface area contributed by atoms with E-state index in [2.05, 4.69) is 10.6 Å². The summed E-state index contributed by atoms with van der Waals surface area (Å²) in [5.74, 6) is 0.151. The van der Waals surface area contributed by atoms with Gasteiger partial charge in [0, 0.05) is 24.7 Å². The lowest BCUT2D eigenvalue weighted by atomic mass is 9.98. The summed E-state index contributed by atoms with van der Waals surface area (Å²) in [6.07, 6.45) is 3.83. The molecule has 0 atom stereocenters. The Kier molecular flexibility index (Phi) is 5.88. The Bertz CT molecular complexity index is 987. The molecule has 0 aromatic heterocycles. The fourth-order valence-corrected chi connectivity index (χ4v) is 4.09. The van der Waals surface area contributed by atoms with Crippen molar-refractivity contribution in [3.05, 3.63) is 54.3 Å². The number of halogens is 1. The van der Waals surface area contributed by atoms with Gasteiger partial charge in [0.05, 0.1) is 0 Å². The third-order valence-electron chi connectivity index (χ3n) is 5.66. The summed E-state index contributed by atoms with van der Waals surface area (Å²) in [5, 5.41) is 5.62. The lowest BCUT2D eigenvalue weighted by Crippen LogP contribution is -2.44. The number of hydrogen-bond donors (Lipinski definition) is 2. The summed E-state index contributed by atoms with van der Waals surface area (Å²) < 4.78 is 18.8. The van der Waals surface area contributed by atoms with Gasteiger partial charge >= 0.3 is 6.03 Å². The largest absolute Gasteiger partial charge is 0.457 e. The minimum Gasteiger partial charge on any atom is -0.457 e. The maximum Gasteiger partial charge on any atom is 0.325 e. The Hall–Kier alpha value is -3.42. The van der Waals surface area contributed by atoms with Crippen molar-refractivity contribution in [3.63, 3.8) is 0 Å². The molecule has 162 valence electrons. The lowest BCUT2D eigenvalue weighted by Gasteiger charge is -2.19. The number of imide groups is 1. The first kappa shape index (κ1) is 20.8. The molecule has 31 heavy (non-hydrogen) atoms. The van der Waals surface area contributed by atoms with E-state index in [1.54, 1.807) is 36.4 Å². The fourth-order valence-electron chi connectivity index (χ4n) is 4.09. The molecule has 4 amide bonds. The first-order valence-electron chi connectivity index (χ1n) is 10.4. The molecule has 1 aliphatic carbocycles. The zero-order valence-electron chi connectivity index (χ0n) is 17.0. The predicted octanol–water partition coefficient (Wildman–Crippen LogP) is 4.20. The topological polar surface area (TPSA) is 87.7 Å². The van der Waals surface area contributed by atoms with E-state index in [1.807, 2.05) is 0 Å². The molecule has 2 N–H and O–H groups in total. The van der Waals surface area contributed by atoms with Crippen molar-refractivity contribution >= 4 is 23.5 Å². The highest BCUT2D eigenvalue weighted by atomic mass is 19.1. The van der Waals surface area contributed by atoms with Crippen LogP contribution >= 0.6 is 0 Å². The number of nitrogens with zero attached hydrogens (tertiary/aromatic N) is 1. The van der Waals surface area contributed by atoms with Crippen molar-refractivity contribution in [2.24, 2.45) is 0 Å². The van der Waals surface area contributed by atoms with Gasteiger partial charge in [-0.1, -0.05) is 18.9 Å². The van der Waals surface area contributed by atoms with Gasteiger partial charge in [-0.2, -0.15) is 0 Å². The van der Waals surface area contributed by atoms with Gasteiger partial charge in [-0.3, -0.25) is 14.5 Å². The molecular formula is C23H24FN3O4. The minimum absolute atomic E-state index is 0.163. The zero-order valence-corrected chi connectivity index (χ0v) is 17.0. The lowest BCUT2D eigenvalue weighted by molar-refractivity contribution is -0.131. The number of carbonyl (C=O) groups excluding carboxylic acids is 3. The van der Waals surface area contributed by atoms with Crippen LogP contribution in [-0.2, 0) is 9.59 Å². The summed E-state index contributed by atoms with van der Waals surface area (Å²) in [4.78, 5) is 38.2. The quantitative estimate of drug-likeness (QED) is 0.651. The van der Waals surface area contributed by atoms with Crippen molar-refractivity contribution < 1.29 is 23.5 Å². The van der Waals surface area contributed by atoms with Gasteiger partial charge in [-0.15, -0.1) is 0 Å². The average Bonchev–Trinajstić information content (AvgIpc) is 3.30. The van der Waals surface area contributed by atoms with E-state index in [0.717, 1.165) is 12.8 Å². The van der Waals surface area contributed by atoms with Crippen molar-refractivity contribution in [2.75, 3.05) is 11.9 Å². The van der Waals surface area contributed by atoms with Crippen LogP contribution in [0.15, 0.2) is 48.5 Å². The fraction of sp³-hybridized carbons (Fsp3) is 0.348. The Morgan fingerprint density at radius 2 is 1.84 bits per heavy atom. The van der Waals surface area contributed by atoms with Crippen LogP contribution in [0.1, 0.15) is 38.5 Å². The van der Waals surface area contributed by atoms with Gasteiger partial charge < -0.3 is 15.4 Å². The molecule has 2 aliphatic rings. The van der Waals surface area contributed by atoms with Crippen LogP contribution in [0.4, 0.5) is 14.9 Å². The molecule has 1 spiro atoms. The number of ether oxygens (including phenoxy) is 1. The number of amides is 4. The number of benzene rings is 2. The van der Waals surface area contributed by atoms with Crippen molar-refractivity contribution in [2.45, 2.75) is 44.1 Å². The highest BCUT2D eigenvalue weighted by Crippen LogP contribution is 2.35. The standard InChI is InChI=1S/C23H24FN3O4/c24-16-5-3-6-19(15-16)31-18-10-8-17(9-11-18)25-20(28)7-4-14-27-21(29)23(26-22(27)30)12-1-2-13-23/h3,5-6,8-11,15H,1-2,4,7,12-14H2,(H,25,28)(H,26,30). The Morgan fingerprint density at radius 1 is 1.10 bits per heavy atom. The monoisotopic (exact) mass is 425 g/mol. The van der Waals surface area contributed by atoms with Gasteiger partial charge in [0.2, 0.25) is 5.91 Å². The number of carbonyl (C=O) groups is 3. The molecule has 1 saturated carbocycles. The third-order valence-corrected chi connectivity index (χ3v) is 5.66. The van der Waals surface area contributed by atoms with E-state index in [9.17, 15) is 18.8 Å². The summed E-state index contributed by atoms with van der Waals surface area (Å²) >= 11 is 0. The molecule has 1 heterocycles. The zero-order chi connectivity index (χ0) is 21.8. The van der Waals surface area contributed by atoms with Crippen molar-refractivity contribution in [1.82, 2.24) is 10.2 Å². The van der Waals surface area contributed by atoms with Gasteiger partial charge in [0.15, 0.2) is 0 Å². The van der Waals surface area contributed by atoms with Crippen LogP contribution in [0.5, 0.6) is 11.5 Å². The molecular weight excluding hydrogens is 401 g/mol. The highest BCUT2D eigenvalue weighted by Gasteiger charge is 2.51. The number of hydrogen-bond acceptors (Lipinski definition) is 4. The Balaban J connectivity index is 1.24. The molecule has 2 aromatic carbocycles. The Labute approximate surface area is 179 Å². The van der Waals surface area contributed by atoms with Crippen LogP contribution < -0.4 is 15.4 Å². The van der Waals surface area contributed by atoms with Gasteiger partial charge in [0.1, 0.15) is 22.9 Å². The summed E-state index contributed by atoms with van der Waals surface area (Å²) in [6.45, 7) is 0.222.